The van der Waals surface area contributed by atoms with E-state index < -0.39 is 0 Å². The highest BCUT2D eigenvalue weighted by Gasteiger charge is 2.23. The van der Waals surface area contributed by atoms with Gasteiger partial charge in [-0.1, -0.05) is 48.5 Å². The molecule has 1 atom stereocenters. The van der Waals surface area contributed by atoms with Gasteiger partial charge >= 0.3 is 0 Å². The fourth-order valence-electron chi connectivity index (χ4n) is 3.78. The molecule has 1 nitrogen and oxygen atoms in total. The number of benzene rings is 3. The van der Waals surface area contributed by atoms with Crippen LogP contribution in [-0.2, 0) is 12.8 Å². The van der Waals surface area contributed by atoms with Crippen molar-refractivity contribution in [3.8, 4) is 16.9 Å². The summed E-state index contributed by atoms with van der Waals surface area (Å²) < 4.78 is 13.6. The van der Waals surface area contributed by atoms with Crippen LogP contribution < -0.4 is 0 Å². The number of hydrogen-bond acceptors (Lipinski definition) is 1. The number of hydrogen-bond donors (Lipinski definition) is 1. The number of aromatic hydroxyl groups is 1. The van der Waals surface area contributed by atoms with Crippen LogP contribution in [0.4, 0.5) is 4.39 Å². The number of fused-ring (bicyclic) bond motifs is 3. The van der Waals surface area contributed by atoms with E-state index in [1.807, 2.05) is 0 Å². The molecule has 0 amide bonds. The summed E-state index contributed by atoms with van der Waals surface area (Å²) in [6, 6.07) is 21.2. The third kappa shape index (κ3) is 2.69. The van der Waals surface area contributed by atoms with Crippen LogP contribution in [-0.4, -0.2) is 5.11 Å². The molecule has 0 saturated heterocycles. The highest BCUT2D eigenvalue weighted by molar-refractivity contribution is 5.72. The van der Waals surface area contributed by atoms with E-state index in [1.54, 1.807) is 0 Å². The van der Waals surface area contributed by atoms with E-state index in [2.05, 4.69) is 48.5 Å². The smallest absolute Gasteiger partial charge is 0.123 e. The summed E-state index contributed by atoms with van der Waals surface area (Å²) in [5.41, 5.74) is 5.87. The molecule has 1 aliphatic carbocycles. The van der Waals surface area contributed by atoms with E-state index in [4.69, 9.17) is 0 Å². The maximum Gasteiger partial charge on any atom is 0.123 e. The van der Waals surface area contributed by atoms with Crippen molar-refractivity contribution < 1.29 is 9.50 Å². The predicted molar refractivity (Wildman–Crippen MR) is 94.7 cm³/mol. The van der Waals surface area contributed by atoms with Crippen LogP contribution in [0.1, 0.15) is 29.0 Å². The zero-order valence-electron chi connectivity index (χ0n) is 13.4. The predicted octanol–water partition coefficient (Wildman–Crippen LogP) is 5.47. The van der Waals surface area contributed by atoms with Gasteiger partial charge in [-0.15, -0.1) is 0 Å². The van der Waals surface area contributed by atoms with Crippen molar-refractivity contribution in [1.29, 1.82) is 0 Å². The standard InChI is InChI=1S/C22H19FO/c23-18-11-12-22(24)17(14-18)13-16-10-9-15-5-1-2-6-19(15)21-8-4-3-7-20(16)21/h1-8,11-12,14,16,24H,9-10,13H2. The molecular formula is C22H19FO. The molecule has 2 heteroatoms. The Kier molecular flexibility index (Phi) is 3.81. The SMILES string of the molecule is Oc1ccc(F)cc1CC1CCc2ccccc2-c2ccccc21. The first-order valence-corrected chi connectivity index (χ1v) is 8.37. The van der Waals surface area contributed by atoms with E-state index in [1.165, 1.54) is 40.5 Å². The lowest BCUT2D eigenvalue weighted by atomic mass is 9.86. The van der Waals surface area contributed by atoms with Crippen molar-refractivity contribution in [3.05, 3.63) is 89.2 Å². The first kappa shape index (κ1) is 14.9. The minimum absolute atomic E-state index is 0.177. The Morgan fingerprint density at radius 3 is 2.54 bits per heavy atom. The second-order valence-corrected chi connectivity index (χ2v) is 6.46. The average Bonchev–Trinajstić information content (AvgIpc) is 2.76. The monoisotopic (exact) mass is 318 g/mol. The molecular weight excluding hydrogens is 299 g/mol. The van der Waals surface area contributed by atoms with Gasteiger partial charge in [-0.2, -0.15) is 0 Å². The van der Waals surface area contributed by atoms with Gasteiger partial charge in [0, 0.05) is 0 Å². The summed E-state index contributed by atoms with van der Waals surface area (Å²) >= 11 is 0. The number of phenolic OH excluding ortho intramolecular Hbond substituents is 1. The van der Waals surface area contributed by atoms with Crippen LogP contribution >= 0.6 is 0 Å². The first-order valence-electron chi connectivity index (χ1n) is 8.37. The van der Waals surface area contributed by atoms with Crippen molar-refractivity contribution in [1.82, 2.24) is 0 Å². The zero-order chi connectivity index (χ0) is 16.5. The van der Waals surface area contributed by atoms with Crippen molar-refractivity contribution in [3.63, 3.8) is 0 Å². The van der Waals surface area contributed by atoms with E-state index in [0.29, 0.717) is 12.0 Å². The van der Waals surface area contributed by atoms with Crippen LogP contribution in [0.25, 0.3) is 11.1 Å². The summed E-state index contributed by atoms with van der Waals surface area (Å²) in [7, 11) is 0. The molecule has 3 aromatic rings. The average molecular weight is 318 g/mol. The minimum atomic E-state index is -0.298. The molecule has 0 fully saturated rings. The summed E-state index contributed by atoms with van der Waals surface area (Å²) in [6.07, 6.45) is 2.63. The van der Waals surface area contributed by atoms with E-state index in [0.717, 1.165) is 12.8 Å². The molecule has 4 rings (SSSR count). The van der Waals surface area contributed by atoms with Crippen molar-refractivity contribution in [2.75, 3.05) is 0 Å². The molecule has 1 unspecified atom stereocenters. The first-order chi connectivity index (χ1) is 11.7. The van der Waals surface area contributed by atoms with Crippen LogP contribution in [0.5, 0.6) is 5.75 Å². The summed E-state index contributed by atoms with van der Waals surface area (Å²) in [6.45, 7) is 0. The Morgan fingerprint density at radius 2 is 1.67 bits per heavy atom. The number of rotatable bonds is 2. The molecule has 24 heavy (non-hydrogen) atoms. The highest BCUT2D eigenvalue weighted by atomic mass is 19.1. The van der Waals surface area contributed by atoms with Gasteiger partial charge < -0.3 is 5.11 Å². The van der Waals surface area contributed by atoms with Gasteiger partial charge in [-0.25, -0.2) is 4.39 Å². The van der Waals surface area contributed by atoms with E-state index >= 15 is 0 Å². The van der Waals surface area contributed by atoms with Crippen LogP contribution in [0, 0.1) is 5.82 Å². The van der Waals surface area contributed by atoms with Gasteiger partial charge in [-0.3, -0.25) is 0 Å². The normalized spacial score (nSPS) is 16.1. The Labute approximate surface area is 141 Å². The van der Waals surface area contributed by atoms with Gasteiger partial charge in [0.1, 0.15) is 11.6 Å². The third-order valence-corrected chi connectivity index (χ3v) is 4.98. The maximum absolute atomic E-state index is 13.6. The molecule has 0 radical (unpaired) electrons. The molecule has 0 bridgehead atoms. The summed E-state index contributed by atoms with van der Waals surface area (Å²) in [5.74, 6) is 0.143. The topological polar surface area (TPSA) is 20.2 Å². The minimum Gasteiger partial charge on any atom is -0.508 e. The lowest BCUT2D eigenvalue weighted by Gasteiger charge is -2.18. The third-order valence-electron chi connectivity index (χ3n) is 4.98. The Bertz CT molecular complexity index is 885. The van der Waals surface area contributed by atoms with Gasteiger partial charge in [0.25, 0.3) is 0 Å². The van der Waals surface area contributed by atoms with Crippen molar-refractivity contribution in [2.45, 2.75) is 25.2 Å². The molecule has 1 N–H and O–H groups in total. The Morgan fingerprint density at radius 1 is 0.917 bits per heavy atom. The fourth-order valence-corrected chi connectivity index (χ4v) is 3.78. The quantitative estimate of drug-likeness (QED) is 0.664. The van der Waals surface area contributed by atoms with E-state index in [9.17, 15) is 9.50 Å². The largest absolute Gasteiger partial charge is 0.508 e. The summed E-state index contributed by atoms with van der Waals surface area (Å²) in [5, 5.41) is 10.1. The van der Waals surface area contributed by atoms with Crippen molar-refractivity contribution in [2.24, 2.45) is 0 Å². The number of halogens is 1. The number of phenols is 1. The number of aryl methyl sites for hydroxylation is 1. The second-order valence-electron chi connectivity index (χ2n) is 6.46. The Hall–Kier alpha value is -2.61. The molecule has 0 aromatic heterocycles. The van der Waals surface area contributed by atoms with Gasteiger partial charge in [0.15, 0.2) is 0 Å². The fraction of sp³-hybridized carbons (Fsp3) is 0.182. The molecule has 0 saturated carbocycles. The lowest BCUT2D eigenvalue weighted by Crippen LogP contribution is -2.04. The molecule has 0 spiro atoms. The lowest BCUT2D eigenvalue weighted by molar-refractivity contribution is 0.460. The molecule has 0 heterocycles. The van der Waals surface area contributed by atoms with Crippen molar-refractivity contribution >= 4 is 0 Å². The highest BCUT2D eigenvalue weighted by Crippen LogP contribution is 2.40. The van der Waals surface area contributed by atoms with Gasteiger partial charge in [0.05, 0.1) is 0 Å². The van der Waals surface area contributed by atoms with Gasteiger partial charge in [-0.05, 0) is 71.2 Å². The molecule has 0 aliphatic heterocycles. The molecule has 1 aliphatic rings. The molecule has 120 valence electrons. The Balaban J connectivity index is 1.77. The van der Waals surface area contributed by atoms with Crippen LogP contribution in [0.2, 0.25) is 0 Å². The van der Waals surface area contributed by atoms with Crippen LogP contribution in [0.3, 0.4) is 0 Å². The van der Waals surface area contributed by atoms with E-state index in [-0.39, 0.29) is 17.5 Å². The van der Waals surface area contributed by atoms with Gasteiger partial charge in [0.2, 0.25) is 0 Å². The second kappa shape index (κ2) is 6.12. The maximum atomic E-state index is 13.6. The zero-order valence-corrected chi connectivity index (χ0v) is 13.4. The molecule has 3 aromatic carbocycles. The summed E-state index contributed by atoms with van der Waals surface area (Å²) in [4.78, 5) is 0. The van der Waals surface area contributed by atoms with Crippen LogP contribution in [0.15, 0.2) is 66.7 Å².